The number of anilines is 2. The van der Waals surface area contributed by atoms with E-state index in [0.29, 0.717) is 14.6 Å². The fraction of sp³-hybridized carbons (Fsp3) is 0.190. The number of nitro groups is 1. The second-order valence-corrected chi connectivity index (χ2v) is 9.74. The normalized spacial score (nSPS) is 11.2. The minimum Gasteiger partial charge on any atom is -0.497 e. The molecule has 1 heterocycles. The molecule has 0 saturated carbocycles. The number of halogens is 1. The lowest BCUT2D eigenvalue weighted by Gasteiger charge is -2.24. The van der Waals surface area contributed by atoms with Crippen molar-refractivity contribution in [2.75, 3.05) is 23.7 Å². The minimum atomic E-state index is -4.61. The van der Waals surface area contributed by atoms with Crippen LogP contribution in [0.3, 0.4) is 0 Å². The Kier molecular flexibility index (Phi) is 7.22. The molecule has 0 atom stereocenters. The average Bonchev–Trinajstić information content (AvgIpc) is 2.85. The van der Waals surface area contributed by atoms with Gasteiger partial charge in [-0.2, -0.15) is 0 Å². The maximum absolute atomic E-state index is 13.6. The molecule has 0 aliphatic heterocycles. The Balaban J connectivity index is 2.20. The number of benzene rings is 2. The van der Waals surface area contributed by atoms with Crippen molar-refractivity contribution in [3.8, 4) is 5.75 Å². The zero-order valence-electron chi connectivity index (χ0n) is 19.2. The lowest BCUT2D eigenvalue weighted by molar-refractivity contribution is -0.384. The number of nitrogens with zero attached hydrogens (tertiary/aromatic N) is 4. The van der Waals surface area contributed by atoms with Crippen molar-refractivity contribution in [1.29, 1.82) is 0 Å². The first kappa shape index (κ1) is 26.4. The van der Waals surface area contributed by atoms with Crippen molar-refractivity contribution in [3.05, 3.63) is 84.0 Å². The monoisotopic (exact) mass is 537 g/mol. The van der Waals surface area contributed by atoms with E-state index in [1.165, 1.54) is 38.4 Å². The van der Waals surface area contributed by atoms with E-state index < -0.39 is 60.5 Å². The van der Waals surface area contributed by atoms with E-state index in [2.05, 4.69) is 0 Å². The Morgan fingerprint density at radius 3 is 2.31 bits per heavy atom. The first-order chi connectivity index (χ1) is 16.8. The molecule has 0 saturated heterocycles. The molecule has 190 valence electrons. The second-order valence-electron chi connectivity index (χ2n) is 7.47. The maximum atomic E-state index is 13.6. The van der Waals surface area contributed by atoms with Gasteiger partial charge in [-0.15, -0.1) is 0 Å². The first-order valence-corrected chi connectivity index (χ1v) is 11.8. The number of hydrogen-bond donors (Lipinski definition) is 1. The third-order valence-corrected chi connectivity index (χ3v) is 7.43. The number of rotatable bonds is 8. The number of hydrogen-bond acceptors (Lipinski definition) is 9. The summed E-state index contributed by atoms with van der Waals surface area (Å²) in [5.74, 6) is -1.06. The van der Waals surface area contributed by atoms with E-state index in [-0.39, 0.29) is 10.7 Å². The number of nitro benzene ring substituents is 1. The fourth-order valence-electron chi connectivity index (χ4n) is 3.32. The van der Waals surface area contributed by atoms with Crippen molar-refractivity contribution in [2.45, 2.75) is 4.90 Å². The van der Waals surface area contributed by atoms with Gasteiger partial charge in [0.1, 0.15) is 22.2 Å². The number of ketones is 1. The van der Waals surface area contributed by atoms with Gasteiger partial charge < -0.3 is 10.5 Å². The quantitative estimate of drug-likeness (QED) is 0.252. The molecular formula is C21H20ClN5O8S. The van der Waals surface area contributed by atoms with Crippen molar-refractivity contribution in [1.82, 2.24) is 9.13 Å². The number of aromatic nitrogens is 2. The van der Waals surface area contributed by atoms with Gasteiger partial charge in [-0.05, 0) is 36.4 Å². The second kappa shape index (κ2) is 9.83. The lowest BCUT2D eigenvalue weighted by Crippen LogP contribution is -2.44. The predicted molar refractivity (Wildman–Crippen MR) is 131 cm³/mol. The van der Waals surface area contributed by atoms with Crippen LogP contribution < -0.4 is 26.0 Å². The van der Waals surface area contributed by atoms with Crippen LogP contribution in [0.1, 0.15) is 10.4 Å². The highest BCUT2D eigenvalue weighted by Gasteiger charge is 2.32. The highest BCUT2D eigenvalue weighted by molar-refractivity contribution is 7.92. The Labute approximate surface area is 209 Å². The average molecular weight is 538 g/mol. The third kappa shape index (κ3) is 4.67. The molecule has 13 nitrogen and oxygen atoms in total. The predicted octanol–water partition coefficient (Wildman–Crippen LogP) is 1.31. The van der Waals surface area contributed by atoms with Crippen molar-refractivity contribution >= 4 is 44.6 Å². The van der Waals surface area contributed by atoms with Gasteiger partial charge in [-0.3, -0.25) is 33.1 Å². The number of nitrogen functional groups attached to an aromatic ring is 1. The van der Waals surface area contributed by atoms with Gasteiger partial charge in [-0.25, -0.2) is 13.2 Å². The summed E-state index contributed by atoms with van der Waals surface area (Å²) in [6.07, 6.45) is 0. The fourth-order valence-corrected chi connectivity index (χ4v) is 4.94. The SMILES string of the molecule is COc1ccc(N(CC(=O)c2c(N)n(C)c(=O)n(C)c2=O)S(=O)(=O)c2ccc(Cl)c([N+](=O)[O-])c2)cc1. The van der Waals surface area contributed by atoms with E-state index in [0.717, 1.165) is 29.8 Å². The molecule has 0 aliphatic carbocycles. The molecule has 0 aliphatic rings. The van der Waals surface area contributed by atoms with Gasteiger partial charge in [-0.1, -0.05) is 11.6 Å². The number of methoxy groups -OCH3 is 1. The van der Waals surface area contributed by atoms with Gasteiger partial charge in [0.15, 0.2) is 5.78 Å². The van der Waals surface area contributed by atoms with Crippen LogP contribution >= 0.6 is 11.6 Å². The zero-order valence-corrected chi connectivity index (χ0v) is 20.7. The first-order valence-electron chi connectivity index (χ1n) is 10.0. The molecule has 0 amide bonds. The molecule has 2 aromatic carbocycles. The summed E-state index contributed by atoms with van der Waals surface area (Å²) >= 11 is 5.82. The molecule has 0 bridgehead atoms. The van der Waals surface area contributed by atoms with Gasteiger partial charge >= 0.3 is 5.69 Å². The summed E-state index contributed by atoms with van der Waals surface area (Å²) in [7, 11) is -0.819. The number of sulfonamides is 1. The number of carbonyl (C=O) groups excluding carboxylic acids is 1. The van der Waals surface area contributed by atoms with Gasteiger partial charge in [0, 0.05) is 20.2 Å². The van der Waals surface area contributed by atoms with Gasteiger partial charge in [0.25, 0.3) is 21.3 Å². The summed E-state index contributed by atoms with van der Waals surface area (Å²) < 4.78 is 34.5. The Morgan fingerprint density at radius 2 is 1.75 bits per heavy atom. The number of ether oxygens (including phenoxy) is 1. The Bertz CT molecular complexity index is 1600. The van der Waals surface area contributed by atoms with E-state index in [9.17, 15) is 32.9 Å². The summed E-state index contributed by atoms with van der Waals surface area (Å²) in [5, 5.41) is 11.0. The van der Waals surface area contributed by atoms with Crippen molar-refractivity contribution in [2.24, 2.45) is 14.1 Å². The van der Waals surface area contributed by atoms with Crippen LogP contribution in [0, 0.1) is 10.1 Å². The third-order valence-electron chi connectivity index (χ3n) is 5.34. The maximum Gasteiger partial charge on any atom is 0.332 e. The highest BCUT2D eigenvalue weighted by Crippen LogP contribution is 2.31. The summed E-state index contributed by atoms with van der Waals surface area (Å²) in [6.45, 7) is -0.914. The summed E-state index contributed by atoms with van der Waals surface area (Å²) in [5.41, 5.74) is 2.81. The zero-order chi connectivity index (χ0) is 26.9. The lowest BCUT2D eigenvalue weighted by atomic mass is 10.2. The van der Waals surface area contributed by atoms with Gasteiger partial charge in [0.05, 0.1) is 29.2 Å². The van der Waals surface area contributed by atoms with E-state index in [1.54, 1.807) is 0 Å². The minimum absolute atomic E-state index is 0.0121. The largest absolute Gasteiger partial charge is 0.497 e. The Morgan fingerprint density at radius 1 is 1.14 bits per heavy atom. The van der Waals surface area contributed by atoms with Gasteiger partial charge in [0.2, 0.25) is 0 Å². The molecule has 15 heteroatoms. The molecular weight excluding hydrogens is 518 g/mol. The molecule has 0 radical (unpaired) electrons. The summed E-state index contributed by atoms with van der Waals surface area (Å²) in [4.78, 5) is 47.9. The molecule has 0 unspecified atom stereocenters. The standard InChI is InChI=1S/C21H20ClN5O8S/c1-24-19(23)18(20(29)25(2)21(24)30)17(28)11-26(12-4-6-13(35-3)7-5-12)36(33,34)14-8-9-15(22)16(10-14)27(31)32/h4-10H,11,23H2,1-3H3. The smallest absolute Gasteiger partial charge is 0.332 e. The van der Waals surface area contributed by atoms with E-state index in [1.807, 2.05) is 0 Å². The van der Waals surface area contributed by atoms with Crippen LogP contribution in [0.2, 0.25) is 5.02 Å². The van der Waals surface area contributed by atoms with Crippen LogP contribution in [0.5, 0.6) is 5.75 Å². The van der Waals surface area contributed by atoms with Crippen molar-refractivity contribution < 1.29 is 22.9 Å². The highest BCUT2D eigenvalue weighted by atomic mass is 35.5. The Hall–Kier alpha value is -4.17. The summed E-state index contributed by atoms with van der Waals surface area (Å²) in [6, 6.07) is 8.41. The molecule has 3 aromatic rings. The van der Waals surface area contributed by atoms with Crippen LogP contribution in [-0.2, 0) is 24.1 Å². The van der Waals surface area contributed by atoms with Crippen LogP contribution in [0.4, 0.5) is 17.2 Å². The van der Waals surface area contributed by atoms with Crippen LogP contribution in [0.15, 0.2) is 56.9 Å². The molecule has 3 rings (SSSR count). The van der Waals surface area contributed by atoms with Crippen LogP contribution in [-0.4, -0.2) is 41.9 Å². The molecule has 36 heavy (non-hydrogen) atoms. The molecule has 1 aromatic heterocycles. The topological polar surface area (TPSA) is 177 Å². The number of carbonyl (C=O) groups is 1. The molecule has 2 N–H and O–H groups in total. The van der Waals surface area contributed by atoms with E-state index >= 15 is 0 Å². The number of nitrogens with two attached hydrogens (primary N) is 1. The van der Waals surface area contributed by atoms with Crippen molar-refractivity contribution in [3.63, 3.8) is 0 Å². The molecule has 0 fully saturated rings. The number of Topliss-reactive ketones (excluding diaryl/α,β-unsaturated/α-hetero) is 1. The van der Waals surface area contributed by atoms with Crippen LogP contribution in [0.25, 0.3) is 0 Å². The van der Waals surface area contributed by atoms with E-state index in [4.69, 9.17) is 22.1 Å². The molecule has 0 spiro atoms.